The summed E-state index contributed by atoms with van der Waals surface area (Å²) in [5.41, 5.74) is -0.0485. The number of aromatic amines is 1. The fourth-order valence-corrected chi connectivity index (χ4v) is 4.07. The van der Waals surface area contributed by atoms with Crippen LogP contribution in [0, 0.1) is 6.92 Å². The van der Waals surface area contributed by atoms with Crippen molar-refractivity contribution in [3.05, 3.63) is 11.3 Å². The van der Waals surface area contributed by atoms with Gasteiger partial charge in [0.15, 0.2) is 0 Å². The maximum atomic E-state index is 12.6. The summed E-state index contributed by atoms with van der Waals surface area (Å²) < 4.78 is 26.5. The number of aryl methyl sites for hydroxylation is 1. The van der Waals surface area contributed by atoms with Crippen molar-refractivity contribution in [2.24, 2.45) is 0 Å². The number of aromatic carboxylic acids is 1. The zero-order valence-corrected chi connectivity index (χ0v) is 13.1. The van der Waals surface area contributed by atoms with Crippen LogP contribution in [0.5, 0.6) is 0 Å². The first-order valence-corrected chi connectivity index (χ1v) is 8.14. The molecule has 0 bridgehead atoms. The molecule has 1 saturated heterocycles. The number of H-pyrrole nitrogens is 1. The third kappa shape index (κ3) is 2.94. The first kappa shape index (κ1) is 15.9. The fraction of sp³-hybridized carbons (Fsp3) is 0.667. The molecule has 118 valence electrons. The van der Waals surface area contributed by atoms with Gasteiger partial charge in [-0.05, 0) is 39.9 Å². The molecule has 0 amide bonds. The first-order valence-electron chi connectivity index (χ1n) is 6.70. The highest BCUT2D eigenvalue weighted by Crippen LogP contribution is 2.24. The second-order valence-corrected chi connectivity index (χ2v) is 7.30. The Morgan fingerprint density at radius 2 is 2.00 bits per heavy atom. The number of rotatable bonds is 4. The van der Waals surface area contributed by atoms with Crippen LogP contribution in [-0.2, 0) is 10.0 Å². The SMILES string of the molecule is Cc1[nH]nc(S(=O)(=O)N(C)C2CCN(C)CC2)c1C(=O)O. The van der Waals surface area contributed by atoms with E-state index in [4.69, 9.17) is 0 Å². The minimum Gasteiger partial charge on any atom is -0.478 e. The summed E-state index contributed by atoms with van der Waals surface area (Å²) in [6.45, 7) is 3.12. The van der Waals surface area contributed by atoms with E-state index in [9.17, 15) is 18.3 Å². The summed E-state index contributed by atoms with van der Waals surface area (Å²) in [6.07, 6.45) is 1.44. The monoisotopic (exact) mass is 316 g/mol. The van der Waals surface area contributed by atoms with Crippen molar-refractivity contribution in [3.63, 3.8) is 0 Å². The van der Waals surface area contributed by atoms with E-state index in [0.717, 1.165) is 25.9 Å². The van der Waals surface area contributed by atoms with Gasteiger partial charge in [-0.3, -0.25) is 5.10 Å². The largest absolute Gasteiger partial charge is 0.478 e. The van der Waals surface area contributed by atoms with Gasteiger partial charge in [-0.1, -0.05) is 0 Å². The van der Waals surface area contributed by atoms with Crippen LogP contribution in [-0.4, -0.2) is 72.1 Å². The Morgan fingerprint density at radius 3 is 2.52 bits per heavy atom. The third-order valence-corrected chi connectivity index (χ3v) is 5.79. The zero-order chi connectivity index (χ0) is 15.8. The van der Waals surface area contributed by atoms with Gasteiger partial charge >= 0.3 is 5.97 Å². The molecule has 1 aliphatic heterocycles. The molecule has 0 spiro atoms. The van der Waals surface area contributed by atoms with Crippen molar-refractivity contribution in [2.45, 2.75) is 30.8 Å². The Kier molecular flexibility index (Phi) is 4.35. The quantitative estimate of drug-likeness (QED) is 0.818. The lowest BCUT2D eigenvalue weighted by atomic mass is 10.1. The Balaban J connectivity index is 2.32. The predicted molar refractivity (Wildman–Crippen MR) is 75.8 cm³/mol. The van der Waals surface area contributed by atoms with Gasteiger partial charge in [0, 0.05) is 18.8 Å². The van der Waals surface area contributed by atoms with Gasteiger partial charge in [0.1, 0.15) is 5.56 Å². The smallest absolute Gasteiger partial charge is 0.340 e. The van der Waals surface area contributed by atoms with Crippen LogP contribution >= 0.6 is 0 Å². The summed E-state index contributed by atoms with van der Waals surface area (Å²) in [4.78, 5) is 13.4. The van der Waals surface area contributed by atoms with E-state index < -0.39 is 21.0 Å². The van der Waals surface area contributed by atoms with E-state index in [1.807, 2.05) is 7.05 Å². The second-order valence-electron chi connectivity index (χ2n) is 5.39. The number of carboxylic acids is 1. The van der Waals surface area contributed by atoms with Crippen molar-refractivity contribution in [3.8, 4) is 0 Å². The van der Waals surface area contributed by atoms with Gasteiger partial charge < -0.3 is 10.0 Å². The number of hydrogen-bond donors (Lipinski definition) is 2. The number of aromatic nitrogens is 2. The summed E-state index contributed by atoms with van der Waals surface area (Å²) in [7, 11) is -0.442. The molecule has 0 aromatic carbocycles. The van der Waals surface area contributed by atoms with Gasteiger partial charge in [0.2, 0.25) is 5.03 Å². The number of sulfonamides is 1. The lowest BCUT2D eigenvalue weighted by molar-refractivity contribution is 0.0691. The average Bonchev–Trinajstić information content (AvgIpc) is 2.81. The third-order valence-electron chi connectivity index (χ3n) is 3.95. The fourth-order valence-electron chi connectivity index (χ4n) is 2.54. The Labute approximate surface area is 123 Å². The summed E-state index contributed by atoms with van der Waals surface area (Å²) >= 11 is 0. The molecule has 0 atom stereocenters. The normalized spacial score (nSPS) is 18.3. The number of carbonyl (C=O) groups is 1. The van der Waals surface area contributed by atoms with E-state index in [1.165, 1.54) is 18.3 Å². The van der Waals surface area contributed by atoms with Crippen molar-refractivity contribution in [1.29, 1.82) is 0 Å². The summed E-state index contributed by atoms with van der Waals surface area (Å²) in [5.74, 6) is -1.29. The number of piperidine rings is 1. The van der Waals surface area contributed by atoms with Crippen molar-refractivity contribution in [2.75, 3.05) is 27.2 Å². The molecule has 2 N–H and O–H groups in total. The predicted octanol–water partition coefficient (Wildman–Crippen LogP) is 0.131. The number of hydrogen-bond acceptors (Lipinski definition) is 5. The van der Waals surface area contributed by atoms with Gasteiger partial charge in [0.05, 0.1) is 0 Å². The Morgan fingerprint density at radius 1 is 1.43 bits per heavy atom. The van der Waals surface area contributed by atoms with Crippen LogP contribution in [0.2, 0.25) is 0 Å². The van der Waals surface area contributed by atoms with Gasteiger partial charge in [0.25, 0.3) is 10.0 Å². The number of nitrogens with one attached hydrogen (secondary N) is 1. The van der Waals surface area contributed by atoms with E-state index in [-0.39, 0.29) is 17.3 Å². The molecule has 1 aromatic rings. The molecule has 1 aliphatic rings. The van der Waals surface area contributed by atoms with E-state index >= 15 is 0 Å². The van der Waals surface area contributed by atoms with Crippen LogP contribution < -0.4 is 0 Å². The van der Waals surface area contributed by atoms with Crippen LogP contribution in [0.1, 0.15) is 28.9 Å². The highest BCUT2D eigenvalue weighted by molar-refractivity contribution is 7.89. The van der Waals surface area contributed by atoms with E-state index in [0.29, 0.717) is 0 Å². The average molecular weight is 316 g/mol. The highest BCUT2D eigenvalue weighted by atomic mass is 32.2. The van der Waals surface area contributed by atoms with Gasteiger partial charge in [-0.15, -0.1) is 0 Å². The van der Waals surface area contributed by atoms with Crippen LogP contribution in [0.3, 0.4) is 0 Å². The molecule has 0 unspecified atom stereocenters. The molecule has 21 heavy (non-hydrogen) atoms. The lowest BCUT2D eigenvalue weighted by Crippen LogP contribution is -2.44. The maximum absolute atomic E-state index is 12.6. The highest BCUT2D eigenvalue weighted by Gasteiger charge is 2.35. The van der Waals surface area contributed by atoms with Gasteiger partial charge in [-0.2, -0.15) is 9.40 Å². The Bertz CT molecular complexity index is 632. The van der Waals surface area contributed by atoms with Crippen molar-refractivity contribution < 1.29 is 18.3 Å². The topological polar surface area (TPSA) is 107 Å². The summed E-state index contributed by atoms with van der Waals surface area (Å²) in [6, 6.07) is -0.134. The molecule has 2 heterocycles. The Hall–Kier alpha value is -1.45. The minimum absolute atomic E-state index is 0.134. The number of carboxylic acid groups (broad SMARTS) is 1. The van der Waals surface area contributed by atoms with Gasteiger partial charge in [-0.25, -0.2) is 13.2 Å². The number of likely N-dealkylation sites (tertiary alicyclic amines) is 1. The molecule has 2 rings (SSSR count). The molecule has 0 radical (unpaired) electrons. The first-order chi connectivity index (χ1) is 9.75. The van der Waals surface area contributed by atoms with Crippen LogP contribution in [0.25, 0.3) is 0 Å². The zero-order valence-electron chi connectivity index (χ0n) is 12.3. The molecule has 0 saturated carbocycles. The second kappa shape index (κ2) is 5.74. The molecule has 1 fully saturated rings. The summed E-state index contributed by atoms with van der Waals surface area (Å²) in [5, 5.41) is 14.9. The van der Waals surface area contributed by atoms with Crippen LogP contribution in [0.15, 0.2) is 5.03 Å². The molecule has 1 aromatic heterocycles. The van der Waals surface area contributed by atoms with Crippen molar-refractivity contribution in [1.82, 2.24) is 19.4 Å². The van der Waals surface area contributed by atoms with E-state index in [1.54, 1.807) is 0 Å². The molecular weight excluding hydrogens is 296 g/mol. The van der Waals surface area contributed by atoms with Crippen LogP contribution in [0.4, 0.5) is 0 Å². The number of nitrogens with zero attached hydrogens (tertiary/aromatic N) is 3. The van der Waals surface area contributed by atoms with E-state index in [2.05, 4.69) is 15.1 Å². The standard InChI is InChI=1S/C12H20N4O4S/c1-8-10(12(17)18)11(14-13-8)21(19,20)16(3)9-4-6-15(2)7-5-9/h9H,4-7H2,1-3H3,(H,13,14)(H,17,18). The minimum atomic E-state index is -3.92. The molecule has 0 aliphatic carbocycles. The molecule has 8 nitrogen and oxygen atoms in total. The molecular formula is C12H20N4O4S. The maximum Gasteiger partial charge on any atom is 0.340 e. The molecule has 9 heteroatoms. The van der Waals surface area contributed by atoms with Crippen molar-refractivity contribution >= 4 is 16.0 Å². The lowest BCUT2D eigenvalue weighted by Gasteiger charge is -2.34.